The lowest BCUT2D eigenvalue weighted by molar-refractivity contribution is 0.0780. The van der Waals surface area contributed by atoms with E-state index >= 15 is 0 Å². The van der Waals surface area contributed by atoms with Crippen LogP contribution in [0.15, 0.2) is 188 Å². The number of hydrogen-bond acceptors (Lipinski definition) is 4. The predicted molar refractivity (Wildman–Crippen MR) is 257 cm³/mol. The van der Waals surface area contributed by atoms with Crippen LogP contribution in [0.25, 0.3) is 50.9 Å². The molecule has 2 saturated carbocycles. The van der Waals surface area contributed by atoms with Gasteiger partial charge in [-0.25, -0.2) is 15.0 Å². The molecule has 2 fully saturated rings. The first kappa shape index (κ1) is 40.1. The van der Waals surface area contributed by atoms with Crippen LogP contribution in [-0.2, 0) is 10.8 Å². The minimum absolute atomic E-state index is 0.237. The summed E-state index contributed by atoms with van der Waals surface area (Å²) in [6, 6.07) is 58.4. The van der Waals surface area contributed by atoms with Gasteiger partial charge in [0, 0.05) is 22.3 Å². The molecule has 10 rings (SSSR count). The van der Waals surface area contributed by atoms with Gasteiger partial charge in [-0.3, -0.25) is 0 Å². The molecule has 63 heavy (non-hydrogen) atoms. The molecule has 1 aromatic heterocycles. The molecule has 4 atom stereocenters. The minimum atomic E-state index is -0.718. The first-order chi connectivity index (χ1) is 30.8. The number of allylic oxidation sites excluding steroid dienone is 5. The Labute approximate surface area is 372 Å². The van der Waals surface area contributed by atoms with E-state index in [1.54, 1.807) is 0 Å². The summed E-state index contributed by atoms with van der Waals surface area (Å²) in [6.45, 7) is 11.2. The summed E-state index contributed by atoms with van der Waals surface area (Å²) in [5, 5.41) is 10.0. The van der Waals surface area contributed by atoms with Crippen LogP contribution in [0, 0.1) is 29.1 Å². The van der Waals surface area contributed by atoms with Crippen molar-refractivity contribution in [2.24, 2.45) is 17.8 Å². The van der Waals surface area contributed by atoms with Gasteiger partial charge < -0.3 is 0 Å². The molecule has 0 aliphatic heterocycles. The number of benzene rings is 6. The Kier molecular flexibility index (Phi) is 10.4. The number of aromatic nitrogens is 3. The zero-order valence-electron chi connectivity index (χ0n) is 36.4. The van der Waals surface area contributed by atoms with E-state index < -0.39 is 5.41 Å². The average molecular weight is 817 g/mol. The number of fused-ring (bicyclic) bond motifs is 3. The van der Waals surface area contributed by atoms with E-state index in [-0.39, 0.29) is 5.41 Å². The summed E-state index contributed by atoms with van der Waals surface area (Å²) >= 11 is 0. The highest BCUT2D eigenvalue weighted by Crippen LogP contribution is 2.57. The lowest BCUT2D eigenvalue weighted by Gasteiger charge is -2.50. The maximum Gasteiger partial charge on any atom is 0.164 e. The van der Waals surface area contributed by atoms with Crippen molar-refractivity contribution >= 4 is 5.57 Å². The lowest BCUT2D eigenvalue weighted by atomic mass is 9.54. The Bertz CT molecular complexity index is 2860. The zero-order valence-corrected chi connectivity index (χ0v) is 36.4. The van der Waals surface area contributed by atoms with Crippen LogP contribution in [-0.4, -0.2) is 15.0 Å². The fourth-order valence-electron chi connectivity index (χ4n) is 11.8. The van der Waals surface area contributed by atoms with Crippen molar-refractivity contribution in [3.05, 3.63) is 215 Å². The maximum absolute atomic E-state index is 10.0. The normalized spacial score (nSPS) is 21.4. The second kappa shape index (κ2) is 16.4. The molecule has 6 aromatic carbocycles. The molecule has 4 heteroatoms. The molecule has 7 aromatic rings. The van der Waals surface area contributed by atoms with Crippen LogP contribution in [0.3, 0.4) is 0 Å². The number of hydrogen-bond donors (Lipinski definition) is 0. The van der Waals surface area contributed by atoms with E-state index in [2.05, 4.69) is 178 Å². The Hall–Kier alpha value is -6.96. The molecule has 308 valence electrons. The van der Waals surface area contributed by atoms with Gasteiger partial charge in [-0.05, 0) is 124 Å². The minimum Gasteiger partial charge on any atom is -0.208 e. The third kappa shape index (κ3) is 7.16. The fraction of sp³-hybridized carbons (Fsp3) is 0.220. The highest BCUT2D eigenvalue weighted by molar-refractivity contribution is 5.93. The molecular weight excluding hydrogens is 765 g/mol. The SMILES string of the molecule is C=CC1=C(/C=C(\C)C#N)c2ccc(-c3nc(-c4ccc(-c5ccccc5)cc4)nc(-c4ccc(C56C[C@H](C)C[C@H](C[C@H](C)C5)C6)cc4)n3)cc2C1(c1ccccc1)c1ccccc1. The summed E-state index contributed by atoms with van der Waals surface area (Å²) in [5.41, 5.74) is 13.1. The van der Waals surface area contributed by atoms with Crippen LogP contribution in [0.5, 0.6) is 0 Å². The molecule has 1 unspecified atom stereocenters. The molecule has 0 N–H and O–H groups in total. The van der Waals surface area contributed by atoms with Crippen molar-refractivity contribution in [2.45, 2.75) is 63.7 Å². The van der Waals surface area contributed by atoms with Crippen molar-refractivity contribution in [1.29, 1.82) is 5.26 Å². The fourth-order valence-corrected chi connectivity index (χ4v) is 11.8. The molecule has 4 nitrogen and oxygen atoms in total. The van der Waals surface area contributed by atoms with E-state index in [0.717, 1.165) is 79.0 Å². The standard InChI is InChI=1S/C59H52N4/c1-5-53-52(33-41(4)38-60)51-30-27-47(34-54(51)59(53,49-17-11-7-12-18-49)50-19-13-8-14-20-50)57-62-55(45-23-21-44(22-24-45)43-15-9-6-10-16-43)61-56(63-57)46-25-28-48(29-26-46)58-35-39(2)31-42(37-58)32-40(3)36-58/h5-30,33-34,39-40,42H,1,31-32,35-37H2,2-4H3/b41-33+/t39-,40+,42-,58?. The van der Waals surface area contributed by atoms with Gasteiger partial charge in [0.2, 0.25) is 0 Å². The van der Waals surface area contributed by atoms with E-state index in [9.17, 15) is 5.26 Å². The highest BCUT2D eigenvalue weighted by atomic mass is 15.0. The van der Waals surface area contributed by atoms with Crippen LogP contribution in [0.1, 0.15) is 80.7 Å². The van der Waals surface area contributed by atoms with E-state index in [0.29, 0.717) is 23.0 Å². The Morgan fingerprint density at radius 3 is 1.60 bits per heavy atom. The molecule has 0 radical (unpaired) electrons. The zero-order chi connectivity index (χ0) is 43.1. The van der Waals surface area contributed by atoms with Crippen LogP contribution < -0.4 is 0 Å². The molecule has 3 aliphatic carbocycles. The highest BCUT2D eigenvalue weighted by Gasteiger charge is 2.47. The summed E-state index contributed by atoms with van der Waals surface area (Å²) in [5.74, 6) is 4.17. The van der Waals surface area contributed by atoms with Crippen molar-refractivity contribution in [1.82, 2.24) is 15.0 Å². The number of rotatable bonds is 9. The van der Waals surface area contributed by atoms with Crippen LogP contribution in [0.2, 0.25) is 0 Å². The summed E-state index contributed by atoms with van der Waals surface area (Å²) < 4.78 is 0. The van der Waals surface area contributed by atoms with Crippen LogP contribution >= 0.6 is 0 Å². The van der Waals surface area contributed by atoms with Gasteiger partial charge in [0.15, 0.2) is 17.5 Å². The molecule has 0 amide bonds. The summed E-state index contributed by atoms with van der Waals surface area (Å²) in [4.78, 5) is 15.8. The molecule has 3 aliphatic rings. The third-order valence-electron chi connectivity index (χ3n) is 14.1. The van der Waals surface area contributed by atoms with Crippen molar-refractivity contribution in [2.75, 3.05) is 0 Å². The van der Waals surface area contributed by atoms with Gasteiger partial charge in [-0.15, -0.1) is 0 Å². The topological polar surface area (TPSA) is 62.5 Å². The maximum atomic E-state index is 10.0. The van der Waals surface area contributed by atoms with E-state index in [1.807, 2.05) is 25.1 Å². The number of nitrogens with zero attached hydrogens (tertiary/aromatic N) is 4. The monoisotopic (exact) mass is 816 g/mol. The first-order valence-corrected chi connectivity index (χ1v) is 22.5. The largest absolute Gasteiger partial charge is 0.208 e. The molecule has 1 heterocycles. The average Bonchev–Trinajstić information content (AvgIpc) is 3.60. The molecule has 0 spiro atoms. The second-order valence-electron chi connectivity index (χ2n) is 18.5. The third-order valence-corrected chi connectivity index (χ3v) is 14.1. The predicted octanol–water partition coefficient (Wildman–Crippen LogP) is 14.4. The van der Waals surface area contributed by atoms with Gasteiger partial charge in [0.1, 0.15) is 0 Å². The first-order valence-electron chi connectivity index (χ1n) is 22.5. The van der Waals surface area contributed by atoms with Gasteiger partial charge in [0.25, 0.3) is 0 Å². The van der Waals surface area contributed by atoms with E-state index in [4.69, 9.17) is 15.0 Å². The Morgan fingerprint density at radius 1 is 0.587 bits per heavy atom. The second-order valence-corrected chi connectivity index (χ2v) is 18.5. The Morgan fingerprint density at radius 2 is 1.06 bits per heavy atom. The van der Waals surface area contributed by atoms with Crippen LogP contribution in [0.4, 0.5) is 0 Å². The molecular formula is C59H52N4. The van der Waals surface area contributed by atoms with Crippen molar-refractivity contribution in [3.8, 4) is 51.4 Å². The quantitative estimate of drug-likeness (QED) is 0.136. The summed E-state index contributed by atoms with van der Waals surface area (Å²) in [7, 11) is 0. The summed E-state index contributed by atoms with van der Waals surface area (Å²) in [6.07, 6.45) is 10.5. The number of nitriles is 1. The van der Waals surface area contributed by atoms with Crippen molar-refractivity contribution < 1.29 is 0 Å². The molecule has 0 saturated heterocycles. The molecule has 2 bridgehead atoms. The van der Waals surface area contributed by atoms with Gasteiger partial charge in [-0.1, -0.05) is 178 Å². The Balaban J connectivity index is 1.15. The van der Waals surface area contributed by atoms with E-state index in [1.165, 1.54) is 37.7 Å². The van der Waals surface area contributed by atoms with Gasteiger partial charge >= 0.3 is 0 Å². The van der Waals surface area contributed by atoms with Gasteiger partial charge in [0.05, 0.1) is 11.5 Å². The smallest absolute Gasteiger partial charge is 0.164 e. The van der Waals surface area contributed by atoms with Gasteiger partial charge in [-0.2, -0.15) is 5.26 Å². The lowest BCUT2D eigenvalue weighted by Crippen LogP contribution is -2.42. The van der Waals surface area contributed by atoms with Crippen molar-refractivity contribution in [3.63, 3.8) is 0 Å².